The van der Waals surface area contributed by atoms with Crippen LogP contribution in [0.5, 0.6) is 0 Å². The largest absolute Gasteiger partial charge is 0.394 e. The lowest BCUT2D eigenvalue weighted by Crippen LogP contribution is -2.57. The zero-order chi connectivity index (χ0) is 15.4. The van der Waals surface area contributed by atoms with Crippen molar-refractivity contribution >= 4 is 11.8 Å². The first kappa shape index (κ1) is 16.7. The standard InChI is InChI=1S/C14H19FO5S/c15-9-4-2-1-3-8(9)5-6-21-14-13(19)12(18)11(17)10(7-16)20-14/h1-4,10-14,16-19H,5-7H2/t10-,11-,12+,13-,14+/m1/s1. The number of hydrogen-bond acceptors (Lipinski definition) is 6. The lowest BCUT2D eigenvalue weighted by Gasteiger charge is -2.39. The van der Waals surface area contributed by atoms with E-state index >= 15 is 0 Å². The van der Waals surface area contributed by atoms with Gasteiger partial charge in [0, 0.05) is 5.75 Å². The molecule has 0 aromatic heterocycles. The van der Waals surface area contributed by atoms with Crippen LogP contribution in [0, 0.1) is 5.82 Å². The predicted molar refractivity (Wildman–Crippen MR) is 76.3 cm³/mol. The number of rotatable bonds is 5. The second kappa shape index (κ2) is 7.53. The second-order valence-corrected chi connectivity index (χ2v) is 6.12. The average Bonchev–Trinajstić information content (AvgIpc) is 2.49. The van der Waals surface area contributed by atoms with Gasteiger partial charge in [-0.25, -0.2) is 4.39 Å². The van der Waals surface area contributed by atoms with E-state index < -0.39 is 36.5 Å². The first-order valence-corrected chi connectivity index (χ1v) is 7.75. The van der Waals surface area contributed by atoms with Crippen LogP contribution in [-0.4, -0.2) is 62.6 Å². The van der Waals surface area contributed by atoms with Crippen LogP contribution < -0.4 is 0 Å². The number of aryl methyl sites for hydroxylation is 1. The third-order valence-electron chi connectivity index (χ3n) is 3.46. The van der Waals surface area contributed by atoms with Gasteiger partial charge in [0.1, 0.15) is 35.7 Å². The van der Waals surface area contributed by atoms with Crippen LogP contribution in [0.3, 0.4) is 0 Å². The molecule has 5 atom stereocenters. The van der Waals surface area contributed by atoms with Gasteiger partial charge in [-0.3, -0.25) is 0 Å². The van der Waals surface area contributed by atoms with Crippen molar-refractivity contribution in [1.82, 2.24) is 0 Å². The Bertz CT molecular complexity index is 459. The molecule has 21 heavy (non-hydrogen) atoms. The monoisotopic (exact) mass is 318 g/mol. The summed E-state index contributed by atoms with van der Waals surface area (Å²) in [5, 5.41) is 38.3. The minimum absolute atomic E-state index is 0.285. The fraction of sp³-hybridized carbons (Fsp3) is 0.571. The van der Waals surface area contributed by atoms with Gasteiger partial charge in [-0.15, -0.1) is 11.8 Å². The van der Waals surface area contributed by atoms with E-state index in [1.54, 1.807) is 18.2 Å². The Kier molecular flexibility index (Phi) is 5.98. The number of halogens is 1. The van der Waals surface area contributed by atoms with Gasteiger partial charge >= 0.3 is 0 Å². The Balaban J connectivity index is 1.89. The Labute approximate surface area is 126 Å². The zero-order valence-corrected chi connectivity index (χ0v) is 12.1. The zero-order valence-electron chi connectivity index (χ0n) is 11.3. The molecule has 1 fully saturated rings. The fourth-order valence-electron chi connectivity index (χ4n) is 2.19. The SMILES string of the molecule is OC[C@H]1O[C@@H](SCCc2ccccc2F)[C@H](O)[C@@H](O)[C@@H]1O. The Hall–Kier alpha value is -0.700. The molecule has 0 unspecified atom stereocenters. The van der Waals surface area contributed by atoms with E-state index in [-0.39, 0.29) is 5.82 Å². The maximum Gasteiger partial charge on any atom is 0.132 e. The minimum Gasteiger partial charge on any atom is -0.394 e. The highest BCUT2D eigenvalue weighted by Gasteiger charge is 2.43. The van der Waals surface area contributed by atoms with Gasteiger partial charge in [0.25, 0.3) is 0 Å². The van der Waals surface area contributed by atoms with Gasteiger partial charge in [-0.05, 0) is 18.1 Å². The molecule has 118 valence electrons. The quantitative estimate of drug-likeness (QED) is 0.606. The summed E-state index contributed by atoms with van der Waals surface area (Å²) in [5.41, 5.74) is -0.207. The van der Waals surface area contributed by atoms with Crippen LogP contribution in [0.25, 0.3) is 0 Å². The van der Waals surface area contributed by atoms with Crippen molar-refractivity contribution in [3.63, 3.8) is 0 Å². The van der Waals surface area contributed by atoms with Crippen molar-refractivity contribution in [2.24, 2.45) is 0 Å². The van der Waals surface area contributed by atoms with E-state index in [4.69, 9.17) is 9.84 Å². The average molecular weight is 318 g/mol. The Morgan fingerprint density at radius 2 is 1.81 bits per heavy atom. The maximum atomic E-state index is 13.5. The summed E-state index contributed by atoms with van der Waals surface area (Å²) in [6, 6.07) is 6.43. The summed E-state index contributed by atoms with van der Waals surface area (Å²) in [4.78, 5) is 0. The second-order valence-electron chi connectivity index (χ2n) is 4.91. The molecule has 5 nitrogen and oxygen atoms in total. The van der Waals surface area contributed by atoms with E-state index in [0.29, 0.717) is 17.7 Å². The van der Waals surface area contributed by atoms with Crippen molar-refractivity contribution in [1.29, 1.82) is 0 Å². The van der Waals surface area contributed by atoms with E-state index in [0.717, 1.165) is 0 Å². The molecule has 0 bridgehead atoms. The molecule has 7 heteroatoms. The highest BCUT2D eigenvalue weighted by atomic mass is 32.2. The Morgan fingerprint density at radius 3 is 2.48 bits per heavy atom. The minimum atomic E-state index is -1.37. The van der Waals surface area contributed by atoms with Crippen LogP contribution in [0.1, 0.15) is 5.56 Å². The molecule has 0 saturated carbocycles. The van der Waals surface area contributed by atoms with Gasteiger partial charge in [-0.2, -0.15) is 0 Å². The molecule has 0 amide bonds. The lowest BCUT2D eigenvalue weighted by atomic mass is 10.0. The van der Waals surface area contributed by atoms with Crippen molar-refractivity contribution in [2.75, 3.05) is 12.4 Å². The van der Waals surface area contributed by atoms with Crippen molar-refractivity contribution in [2.45, 2.75) is 36.3 Å². The maximum absolute atomic E-state index is 13.5. The van der Waals surface area contributed by atoms with Crippen LogP contribution in [-0.2, 0) is 11.2 Å². The normalized spacial score (nSPS) is 33.1. The molecular formula is C14H19FO5S. The molecule has 1 saturated heterocycles. The van der Waals surface area contributed by atoms with Crippen molar-refractivity contribution in [3.8, 4) is 0 Å². The number of ether oxygens (including phenoxy) is 1. The molecular weight excluding hydrogens is 299 g/mol. The molecule has 1 aliphatic heterocycles. The number of benzene rings is 1. The number of aliphatic hydroxyl groups is 4. The third-order valence-corrected chi connectivity index (χ3v) is 4.62. The number of hydrogen-bond donors (Lipinski definition) is 4. The Morgan fingerprint density at radius 1 is 1.10 bits per heavy atom. The van der Waals surface area contributed by atoms with Gasteiger partial charge in [0.15, 0.2) is 0 Å². The molecule has 1 heterocycles. The third kappa shape index (κ3) is 3.94. The van der Waals surface area contributed by atoms with E-state index in [1.165, 1.54) is 17.8 Å². The van der Waals surface area contributed by atoms with Gasteiger partial charge < -0.3 is 25.2 Å². The van der Waals surface area contributed by atoms with Crippen LogP contribution in [0.4, 0.5) is 4.39 Å². The van der Waals surface area contributed by atoms with Crippen molar-refractivity contribution < 1.29 is 29.6 Å². The first-order valence-electron chi connectivity index (χ1n) is 6.70. The summed E-state index contributed by atoms with van der Waals surface area (Å²) >= 11 is 1.21. The molecule has 0 radical (unpaired) electrons. The smallest absolute Gasteiger partial charge is 0.132 e. The predicted octanol–water partition coefficient (Wildman–Crippen LogP) is -0.0987. The molecule has 0 aliphatic carbocycles. The van der Waals surface area contributed by atoms with Crippen molar-refractivity contribution in [3.05, 3.63) is 35.6 Å². The summed E-state index contributed by atoms with van der Waals surface area (Å²) in [6.07, 6.45) is -4.44. The summed E-state index contributed by atoms with van der Waals surface area (Å²) in [5.74, 6) is 0.191. The summed E-state index contributed by atoms with van der Waals surface area (Å²) in [6.45, 7) is -0.449. The molecule has 1 aliphatic rings. The summed E-state index contributed by atoms with van der Waals surface area (Å²) < 4.78 is 18.8. The van der Waals surface area contributed by atoms with E-state index in [9.17, 15) is 19.7 Å². The number of thioether (sulfide) groups is 1. The highest BCUT2D eigenvalue weighted by molar-refractivity contribution is 7.99. The van der Waals surface area contributed by atoms with Crippen LogP contribution in [0.15, 0.2) is 24.3 Å². The topological polar surface area (TPSA) is 90.2 Å². The molecule has 4 N–H and O–H groups in total. The molecule has 2 rings (SSSR count). The molecule has 0 spiro atoms. The fourth-order valence-corrected chi connectivity index (χ4v) is 3.34. The lowest BCUT2D eigenvalue weighted by molar-refractivity contribution is -0.205. The van der Waals surface area contributed by atoms with Crippen LogP contribution in [0.2, 0.25) is 0 Å². The summed E-state index contributed by atoms with van der Waals surface area (Å²) in [7, 11) is 0. The van der Waals surface area contributed by atoms with E-state index in [1.807, 2.05) is 0 Å². The molecule has 1 aromatic carbocycles. The first-order chi connectivity index (χ1) is 10.0. The highest BCUT2D eigenvalue weighted by Crippen LogP contribution is 2.29. The van der Waals surface area contributed by atoms with Gasteiger partial charge in [0.2, 0.25) is 0 Å². The van der Waals surface area contributed by atoms with Gasteiger partial charge in [-0.1, -0.05) is 18.2 Å². The van der Waals surface area contributed by atoms with Gasteiger partial charge in [0.05, 0.1) is 6.61 Å². The number of aliphatic hydroxyl groups excluding tert-OH is 4. The van der Waals surface area contributed by atoms with Crippen LogP contribution >= 0.6 is 11.8 Å². The molecule has 1 aromatic rings. The van der Waals surface area contributed by atoms with E-state index in [2.05, 4.69) is 0 Å².